The summed E-state index contributed by atoms with van der Waals surface area (Å²) in [7, 11) is 0. The van der Waals surface area contributed by atoms with E-state index in [2.05, 4.69) is 4.90 Å². The Morgan fingerprint density at radius 1 is 1.06 bits per heavy atom. The lowest BCUT2D eigenvalue weighted by atomic mass is 9.69. The van der Waals surface area contributed by atoms with Gasteiger partial charge < -0.3 is 20.0 Å². The van der Waals surface area contributed by atoms with Crippen LogP contribution in [-0.4, -0.2) is 70.5 Å². The van der Waals surface area contributed by atoms with Crippen molar-refractivity contribution in [3.05, 3.63) is 65.0 Å². The molecule has 2 fully saturated rings. The molecule has 0 bridgehead atoms. The van der Waals surface area contributed by atoms with Gasteiger partial charge in [-0.05, 0) is 68.9 Å². The van der Waals surface area contributed by atoms with Gasteiger partial charge in [0.2, 0.25) is 5.91 Å². The number of aliphatic hydroxyl groups is 1. The molecular formula is C29H37FN2O4. The Morgan fingerprint density at radius 2 is 1.75 bits per heavy atom. The van der Waals surface area contributed by atoms with Gasteiger partial charge in [0.25, 0.3) is 0 Å². The second-order valence-electron chi connectivity index (χ2n) is 10.4. The van der Waals surface area contributed by atoms with E-state index in [0.717, 1.165) is 19.3 Å². The van der Waals surface area contributed by atoms with Crippen LogP contribution in [0.4, 0.5) is 4.39 Å². The third-order valence-corrected chi connectivity index (χ3v) is 7.76. The van der Waals surface area contributed by atoms with E-state index in [9.17, 15) is 24.2 Å². The van der Waals surface area contributed by atoms with Gasteiger partial charge in [-0.3, -0.25) is 9.59 Å². The van der Waals surface area contributed by atoms with Gasteiger partial charge in [-0.1, -0.05) is 24.3 Å². The summed E-state index contributed by atoms with van der Waals surface area (Å²) in [5, 5.41) is 19.9. The summed E-state index contributed by atoms with van der Waals surface area (Å²) < 4.78 is 14.8. The van der Waals surface area contributed by atoms with Gasteiger partial charge in [-0.2, -0.15) is 0 Å². The Bertz CT molecular complexity index is 1080. The molecule has 4 rings (SSSR count). The van der Waals surface area contributed by atoms with Crippen LogP contribution >= 0.6 is 0 Å². The van der Waals surface area contributed by atoms with Crippen molar-refractivity contribution < 1.29 is 24.2 Å². The van der Waals surface area contributed by atoms with Crippen LogP contribution in [0.3, 0.4) is 0 Å². The molecule has 2 aromatic carbocycles. The fraction of sp³-hybridized carbons (Fsp3) is 0.517. The van der Waals surface area contributed by atoms with Crippen LogP contribution in [0.5, 0.6) is 5.75 Å². The molecule has 2 aliphatic rings. The predicted octanol–water partition coefficient (Wildman–Crippen LogP) is 4.14. The molecule has 2 aliphatic heterocycles. The van der Waals surface area contributed by atoms with E-state index in [1.807, 2.05) is 11.0 Å². The highest BCUT2D eigenvalue weighted by molar-refractivity contribution is 5.99. The number of halogens is 1. The standard InChI is InChI=1S/C29H37FN2O4/c1-19(33)12-15-31-17-24(28(35)21-8-6-9-22(34)16-21)27(23-10-7-11-26(30)20(23)2)25(18-31)29(36)32-13-4-3-5-14-32/h6-11,16,19,24-25,27,33-34H,3-5,12-15,17-18H2,1-2H3/t19?,24-,25-,27-/m0/s1. The number of rotatable bonds is 7. The van der Waals surface area contributed by atoms with Crippen molar-refractivity contribution in [1.82, 2.24) is 9.80 Å². The average molecular weight is 497 g/mol. The molecule has 0 saturated carbocycles. The van der Waals surface area contributed by atoms with Crippen molar-refractivity contribution in [3.8, 4) is 5.75 Å². The van der Waals surface area contributed by atoms with E-state index in [1.54, 1.807) is 32.0 Å². The molecule has 0 aromatic heterocycles. The van der Waals surface area contributed by atoms with Gasteiger partial charge in [0, 0.05) is 50.1 Å². The third-order valence-electron chi connectivity index (χ3n) is 7.76. The lowest BCUT2D eigenvalue weighted by Crippen LogP contribution is -2.54. The first kappa shape index (κ1) is 26.3. The average Bonchev–Trinajstić information content (AvgIpc) is 2.88. The van der Waals surface area contributed by atoms with Gasteiger partial charge in [0.05, 0.1) is 12.0 Å². The molecule has 4 atom stereocenters. The van der Waals surface area contributed by atoms with Gasteiger partial charge >= 0.3 is 0 Å². The zero-order chi connectivity index (χ0) is 25.8. The minimum absolute atomic E-state index is 0.00190. The Kier molecular flexibility index (Phi) is 8.42. The molecule has 194 valence electrons. The summed E-state index contributed by atoms with van der Waals surface area (Å²) in [5.74, 6) is -2.12. The summed E-state index contributed by atoms with van der Waals surface area (Å²) in [6.07, 6.45) is 3.05. The maximum atomic E-state index is 14.8. The minimum Gasteiger partial charge on any atom is -0.508 e. The molecule has 36 heavy (non-hydrogen) atoms. The quantitative estimate of drug-likeness (QED) is 0.564. The van der Waals surface area contributed by atoms with Crippen molar-refractivity contribution >= 4 is 11.7 Å². The number of carbonyl (C=O) groups excluding carboxylic acids is 2. The van der Waals surface area contributed by atoms with Crippen molar-refractivity contribution in [3.63, 3.8) is 0 Å². The van der Waals surface area contributed by atoms with Crippen LogP contribution in [0.2, 0.25) is 0 Å². The second-order valence-corrected chi connectivity index (χ2v) is 10.4. The van der Waals surface area contributed by atoms with Crippen molar-refractivity contribution in [2.45, 2.75) is 51.6 Å². The number of amides is 1. The second kappa shape index (κ2) is 11.5. The number of hydrogen-bond acceptors (Lipinski definition) is 5. The van der Waals surface area contributed by atoms with E-state index < -0.39 is 23.9 Å². The maximum Gasteiger partial charge on any atom is 0.227 e. The summed E-state index contributed by atoms with van der Waals surface area (Å²) in [6, 6.07) is 11.2. The van der Waals surface area contributed by atoms with E-state index in [1.165, 1.54) is 18.2 Å². The largest absolute Gasteiger partial charge is 0.508 e. The fourth-order valence-corrected chi connectivity index (χ4v) is 5.81. The van der Waals surface area contributed by atoms with E-state index in [4.69, 9.17) is 0 Å². The van der Waals surface area contributed by atoms with Gasteiger partial charge in [-0.25, -0.2) is 4.39 Å². The molecular weight excluding hydrogens is 459 g/mol. The Labute approximate surface area is 212 Å². The monoisotopic (exact) mass is 496 g/mol. The van der Waals surface area contributed by atoms with Crippen LogP contribution in [0, 0.1) is 24.6 Å². The first-order valence-electron chi connectivity index (χ1n) is 13.0. The number of likely N-dealkylation sites (tertiary alicyclic amines) is 2. The Hall–Kier alpha value is -2.77. The number of hydrogen-bond donors (Lipinski definition) is 2. The van der Waals surface area contributed by atoms with Gasteiger partial charge in [0.1, 0.15) is 11.6 Å². The lowest BCUT2D eigenvalue weighted by Gasteiger charge is -2.45. The zero-order valence-electron chi connectivity index (χ0n) is 21.2. The van der Waals surface area contributed by atoms with E-state index in [-0.39, 0.29) is 23.3 Å². The normalized spacial score (nSPS) is 23.9. The van der Waals surface area contributed by atoms with Crippen molar-refractivity contribution in [2.75, 3.05) is 32.7 Å². The number of phenols is 1. The number of nitrogens with zero attached hydrogens (tertiary/aromatic N) is 2. The van der Waals surface area contributed by atoms with Gasteiger partial charge in [-0.15, -0.1) is 0 Å². The maximum absolute atomic E-state index is 14.8. The topological polar surface area (TPSA) is 81.1 Å². The van der Waals surface area contributed by atoms with Crippen molar-refractivity contribution in [1.29, 1.82) is 0 Å². The number of aliphatic hydroxyl groups excluding tert-OH is 1. The molecule has 6 nitrogen and oxygen atoms in total. The number of ketones is 1. The first-order valence-corrected chi connectivity index (χ1v) is 13.0. The molecule has 2 N–H and O–H groups in total. The minimum atomic E-state index is -0.603. The molecule has 2 saturated heterocycles. The van der Waals surface area contributed by atoms with Crippen molar-refractivity contribution in [2.24, 2.45) is 11.8 Å². The smallest absolute Gasteiger partial charge is 0.227 e. The Morgan fingerprint density at radius 3 is 2.44 bits per heavy atom. The third kappa shape index (κ3) is 5.79. The van der Waals surface area contributed by atoms with Gasteiger partial charge in [0.15, 0.2) is 5.78 Å². The molecule has 2 aromatic rings. The highest BCUT2D eigenvalue weighted by Gasteiger charge is 2.46. The molecule has 0 radical (unpaired) electrons. The van der Waals surface area contributed by atoms with Crippen LogP contribution in [0.15, 0.2) is 42.5 Å². The number of carbonyl (C=O) groups is 2. The number of Topliss-reactive ketones (excluding diaryl/α,β-unsaturated/α-hetero) is 1. The molecule has 0 aliphatic carbocycles. The molecule has 0 spiro atoms. The van der Waals surface area contributed by atoms with E-state index >= 15 is 0 Å². The van der Waals surface area contributed by atoms with Crippen LogP contribution in [-0.2, 0) is 4.79 Å². The number of benzene rings is 2. The molecule has 7 heteroatoms. The van der Waals surface area contributed by atoms with Crippen LogP contribution in [0.25, 0.3) is 0 Å². The number of piperidine rings is 2. The lowest BCUT2D eigenvalue weighted by molar-refractivity contribution is -0.139. The number of phenolic OH excluding ortho intramolecular Hbond substituents is 1. The van der Waals surface area contributed by atoms with Crippen LogP contribution in [0.1, 0.15) is 60.0 Å². The summed E-state index contributed by atoms with van der Waals surface area (Å²) in [4.78, 5) is 31.9. The Balaban J connectivity index is 1.79. The predicted molar refractivity (Wildman–Crippen MR) is 136 cm³/mol. The van der Waals surface area contributed by atoms with Crippen LogP contribution < -0.4 is 0 Å². The highest BCUT2D eigenvalue weighted by Crippen LogP contribution is 2.42. The summed E-state index contributed by atoms with van der Waals surface area (Å²) in [6.45, 7) is 6.24. The zero-order valence-corrected chi connectivity index (χ0v) is 21.2. The SMILES string of the molecule is Cc1c(F)cccc1[C@H]1[C@@H](C(=O)c2cccc(O)c2)CN(CCC(C)O)C[C@@H]1C(=O)N1CCCCC1. The fourth-order valence-electron chi connectivity index (χ4n) is 5.81. The number of aromatic hydroxyl groups is 1. The van der Waals surface area contributed by atoms with E-state index in [0.29, 0.717) is 55.8 Å². The molecule has 1 amide bonds. The summed E-state index contributed by atoms with van der Waals surface area (Å²) >= 11 is 0. The summed E-state index contributed by atoms with van der Waals surface area (Å²) in [5.41, 5.74) is 1.53. The molecule has 2 heterocycles. The highest BCUT2D eigenvalue weighted by atomic mass is 19.1. The first-order chi connectivity index (χ1) is 17.3. The molecule has 1 unspecified atom stereocenters.